The van der Waals surface area contributed by atoms with Gasteiger partial charge in [0.05, 0.1) is 7.11 Å². The minimum Gasteiger partial charge on any atom is -0.493 e. The van der Waals surface area contributed by atoms with Crippen molar-refractivity contribution in [3.63, 3.8) is 0 Å². The van der Waals surface area contributed by atoms with Gasteiger partial charge < -0.3 is 10.1 Å². The third kappa shape index (κ3) is 3.09. The smallest absolute Gasteiger partial charge is 0.168 e. The Hall–Kier alpha value is -1.51. The molecule has 3 heteroatoms. The van der Waals surface area contributed by atoms with E-state index in [0.717, 1.165) is 18.1 Å². The predicted octanol–water partition coefficient (Wildman–Crippen LogP) is 2.47. The normalized spacial score (nSPS) is 9.36. The van der Waals surface area contributed by atoms with Crippen LogP contribution >= 0.6 is 0 Å². The zero-order chi connectivity index (χ0) is 10.4. The molecule has 0 aliphatic heterocycles. The topological polar surface area (TPSA) is 34.1 Å². The minimum absolute atomic E-state index is 0.773. The van der Waals surface area contributed by atoms with Crippen molar-refractivity contribution in [2.24, 2.45) is 0 Å². The largest absolute Gasteiger partial charge is 0.493 e. The molecule has 0 fully saturated rings. The van der Waals surface area contributed by atoms with Crippen molar-refractivity contribution in [2.45, 2.75) is 13.8 Å². The fourth-order valence-corrected chi connectivity index (χ4v) is 1.04. The van der Waals surface area contributed by atoms with Gasteiger partial charge in [-0.1, -0.05) is 11.6 Å². The van der Waals surface area contributed by atoms with Crippen LogP contribution in [0.4, 0.5) is 5.82 Å². The summed E-state index contributed by atoms with van der Waals surface area (Å²) in [7, 11) is 1.64. The van der Waals surface area contributed by atoms with E-state index < -0.39 is 0 Å². The number of nitrogens with one attached hydrogen (secondary N) is 1. The van der Waals surface area contributed by atoms with Crippen molar-refractivity contribution in [3.8, 4) is 5.75 Å². The summed E-state index contributed by atoms with van der Waals surface area (Å²) in [5.41, 5.74) is 1.28. The van der Waals surface area contributed by atoms with Crippen LogP contribution in [0, 0.1) is 0 Å². The molecule has 1 N–H and O–H groups in total. The Balaban J connectivity index is 2.62. The van der Waals surface area contributed by atoms with Gasteiger partial charge in [-0.25, -0.2) is 4.98 Å². The summed E-state index contributed by atoms with van der Waals surface area (Å²) >= 11 is 0. The predicted molar refractivity (Wildman–Crippen MR) is 58.7 cm³/mol. The van der Waals surface area contributed by atoms with E-state index in [9.17, 15) is 0 Å². The van der Waals surface area contributed by atoms with Crippen LogP contribution in [0.2, 0.25) is 0 Å². The third-order valence-electron chi connectivity index (χ3n) is 1.77. The van der Waals surface area contributed by atoms with Crippen molar-refractivity contribution in [3.05, 3.63) is 30.0 Å². The highest BCUT2D eigenvalue weighted by atomic mass is 16.5. The summed E-state index contributed by atoms with van der Waals surface area (Å²) in [6.07, 6.45) is 3.85. The van der Waals surface area contributed by atoms with Gasteiger partial charge in [-0.2, -0.15) is 0 Å². The van der Waals surface area contributed by atoms with Crippen LogP contribution in [0.15, 0.2) is 30.0 Å². The molecular weight excluding hydrogens is 176 g/mol. The SMILES string of the molecule is COc1cccnc1NCC=C(C)C. The van der Waals surface area contributed by atoms with Gasteiger partial charge in [0.25, 0.3) is 0 Å². The standard InChI is InChI=1S/C11H16N2O/c1-9(2)6-8-13-11-10(14-3)5-4-7-12-11/h4-7H,8H2,1-3H3,(H,12,13). The number of nitrogens with zero attached hydrogens (tertiary/aromatic N) is 1. The molecule has 0 saturated heterocycles. The number of ether oxygens (including phenoxy) is 1. The lowest BCUT2D eigenvalue weighted by molar-refractivity contribution is 0.415. The van der Waals surface area contributed by atoms with Crippen molar-refractivity contribution in [1.29, 1.82) is 0 Å². The molecule has 0 atom stereocenters. The van der Waals surface area contributed by atoms with E-state index in [1.165, 1.54) is 5.57 Å². The fraction of sp³-hybridized carbons (Fsp3) is 0.364. The molecule has 0 spiro atoms. The molecule has 14 heavy (non-hydrogen) atoms. The molecule has 1 heterocycles. The fourth-order valence-electron chi connectivity index (χ4n) is 1.04. The Labute approximate surface area is 84.8 Å². The minimum atomic E-state index is 0.773. The number of methoxy groups -OCH3 is 1. The maximum absolute atomic E-state index is 5.16. The van der Waals surface area contributed by atoms with Gasteiger partial charge in [0.15, 0.2) is 11.6 Å². The highest BCUT2D eigenvalue weighted by Crippen LogP contribution is 2.19. The van der Waals surface area contributed by atoms with Crippen LogP contribution in [0.3, 0.4) is 0 Å². The van der Waals surface area contributed by atoms with E-state index in [0.29, 0.717) is 0 Å². The summed E-state index contributed by atoms with van der Waals surface area (Å²) in [5, 5.41) is 3.18. The van der Waals surface area contributed by atoms with Crippen molar-refractivity contribution in [1.82, 2.24) is 4.98 Å². The second kappa shape index (κ2) is 5.27. The summed E-state index contributed by atoms with van der Waals surface area (Å²) in [6.45, 7) is 4.91. The maximum Gasteiger partial charge on any atom is 0.168 e. The van der Waals surface area contributed by atoms with E-state index in [4.69, 9.17) is 4.74 Å². The molecule has 1 aromatic heterocycles. The van der Waals surface area contributed by atoms with Crippen molar-refractivity contribution < 1.29 is 4.74 Å². The van der Waals surface area contributed by atoms with E-state index in [-0.39, 0.29) is 0 Å². The molecule has 76 valence electrons. The van der Waals surface area contributed by atoms with Crippen LogP contribution in [0.5, 0.6) is 5.75 Å². The second-order valence-corrected chi connectivity index (χ2v) is 3.22. The van der Waals surface area contributed by atoms with Gasteiger partial charge in [-0.3, -0.25) is 0 Å². The molecular formula is C11H16N2O. The average Bonchev–Trinajstić information content (AvgIpc) is 2.18. The van der Waals surface area contributed by atoms with Crippen LogP contribution in [0.1, 0.15) is 13.8 Å². The zero-order valence-electron chi connectivity index (χ0n) is 8.87. The zero-order valence-corrected chi connectivity index (χ0v) is 8.87. The number of anilines is 1. The molecule has 1 rings (SSSR count). The highest BCUT2D eigenvalue weighted by Gasteiger charge is 1.99. The van der Waals surface area contributed by atoms with Crippen LogP contribution in [0.25, 0.3) is 0 Å². The Bertz CT molecular complexity index is 317. The van der Waals surface area contributed by atoms with Crippen LogP contribution < -0.4 is 10.1 Å². The number of allylic oxidation sites excluding steroid dienone is 1. The molecule has 1 aromatic rings. The van der Waals surface area contributed by atoms with Crippen molar-refractivity contribution in [2.75, 3.05) is 19.0 Å². The Morgan fingerprint density at radius 2 is 2.36 bits per heavy atom. The van der Waals surface area contributed by atoms with Gasteiger partial charge in [0.1, 0.15) is 0 Å². The summed E-state index contributed by atoms with van der Waals surface area (Å²) in [5.74, 6) is 1.56. The second-order valence-electron chi connectivity index (χ2n) is 3.22. The molecule has 0 unspecified atom stereocenters. The lowest BCUT2D eigenvalue weighted by Crippen LogP contribution is -2.02. The van der Waals surface area contributed by atoms with Gasteiger partial charge >= 0.3 is 0 Å². The average molecular weight is 192 g/mol. The van der Waals surface area contributed by atoms with E-state index in [1.54, 1.807) is 13.3 Å². The number of aromatic nitrogens is 1. The van der Waals surface area contributed by atoms with E-state index in [1.807, 2.05) is 12.1 Å². The first-order valence-electron chi connectivity index (χ1n) is 4.60. The quantitative estimate of drug-likeness (QED) is 0.744. The van der Waals surface area contributed by atoms with E-state index >= 15 is 0 Å². The van der Waals surface area contributed by atoms with E-state index in [2.05, 4.69) is 30.2 Å². The summed E-state index contributed by atoms with van der Waals surface area (Å²) in [4.78, 5) is 4.18. The number of hydrogen-bond acceptors (Lipinski definition) is 3. The number of rotatable bonds is 4. The van der Waals surface area contributed by atoms with Crippen molar-refractivity contribution >= 4 is 5.82 Å². The highest BCUT2D eigenvalue weighted by molar-refractivity contribution is 5.49. The molecule has 0 amide bonds. The van der Waals surface area contributed by atoms with Gasteiger partial charge in [0, 0.05) is 12.7 Å². The Kier molecular flexibility index (Phi) is 3.98. The summed E-state index contributed by atoms with van der Waals surface area (Å²) < 4.78 is 5.16. The molecule has 0 aromatic carbocycles. The number of pyridine rings is 1. The monoisotopic (exact) mass is 192 g/mol. The molecule has 0 bridgehead atoms. The van der Waals surface area contributed by atoms with Crippen LogP contribution in [-0.4, -0.2) is 18.6 Å². The first-order chi connectivity index (χ1) is 6.74. The van der Waals surface area contributed by atoms with Gasteiger partial charge in [-0.05, 0) is 26.0 Å². The lowest BCUT2D eigenvalue weighted by Gasteiger charge is -2.07. The molecule has 0 radical (unpaired) electrons. The lowest BCUT2D eigenvalue weighted by atomic mass is 10.3. The van der Waals surface area contributed by atoms with Gasteiger partial charge in [0.2, 0.25) is 0 Å². The third-order valence-corrected chi connectivity index (χ3v) is 1.77. The molecule has 0 aliphatic carbocycles. The first kappa shape index (κ1) is 10.6. The maximum atomic E-state index is 5.16. The Morgan fingerprint density at radius 3 is 3.00 bits per heavy atom. The Morgan fingerprint density at radius 1 is 1.57 bits per heavy atom. The molecule has 3 nitrogen and oxygen atoms in total. The first-order valence-corrected chi connectivity index (χ1v) is 4.60. The molecule has 0 saturated carbocycles. The van der Waals surface area contributed by atoms with Crippen LogP contribution in [-0.2, 0) is 0 Å². The molecule has 0 aliphatic rings. The summed E-state index contributed by atoms with van der Waals surface area (Å²) in [6, 6.07) is 3.74. The van der Waals surface area contributed by atoms with Gasteiger partial charge in [-0.15, -0.1) is 0 Å². The number of hydrogen-bond donors (Lipinski definition) is 1.